The second-order valence-corrected chi connectivity index (χ2v) is 4.21. The molecule has 1 N–H and O–H groups in total. The topological polar surface area (TPSA) is 39.7 Å². The number of benzene rings is 2. The van der Waals surface area contributed by atoms with E-state index >= 15 is 0 Å². The average Bonchev–Trinajstić information content (AvgIpc) is 2.48. The highest BCUT2D eigenvalue weighted by atomic mass is 16.6. The first kappa shape index (κ1) is 11.7. The maximum Gasteiger partial charge on any atom is 0.163 e. The second kappa shape index (κ2) is 5.10. The quantitative estimate of drug-likeness (QED) is 0.916. The van der Waals surface area contributed by atoms with Gasteiger partial charge in [-0.05, 0) is 36.4 Å². The Balaban J connectivity index is 1.78. The molecule has 0 amide bonds. The summed E-state index contributed by atoms with van der Waals surface area (Å²) in [6, 6.07) is 13.6. The van der Waals surface area contributed by atoms with E-state index in [0.717, 1.165) is 28.6 Å². The fourth-order valence-corrected chi connectivity index (χ4v) is 1.96. The van der Waals surface area contributed by atoms with Crippen LogP contribution in [0.3, 0.4) is 0 Å². The molecule has 0 saturated heterocycles. The van der Waals surface area contributed by atoms with Crippen molar-refractivity contribution < 1.29 is 14.2 Å². The maximum absolute atomic E-state index is 5.55. The van der Waals surface area contributed by atoms with Gasteiger partial charge in [0.15, 0.2) is 11.5 Å². The molecule has 0 aliphatic carbocycles. The van der Waals surface area contributed by atoms with Gasteiger partial charge >= 0.3 is 0 Å². The normalized spacial score (nSPS) is 12.9. The third kappa shape index (κ3) is 2.57. The molecule has 2 aromatic carbocycles. The molecule has 0 bridgehead atoms. The van der Waals surface area contributed by atoms with E-state index in [9.17, 15) is 0 Å². The van der Waals surface area contributed by atoms with Gasteiger partial charge in [0.1, 0.15) is 19.0 Å². The minimum Gasteiger partial charge on any atom is -0.497 e. The molecule has 4 nitrogen and oxygen atoms in total. The standard InChI is InChI=1S/C15H15NO3/c1-17-13-5-2-11(3-6-13)16-12-4-7-14-15(10-12)19-9-8-18-14/h2-7,10,16H,8-9H2,1H3. The van der Waals surface area contributed by atoms with Crippen LogP contribution in [0.5, 0.6) is 17.2 Å². The molecular formula is C15H15NO3. The Labute approximate surface area is 111 Å². The van der Waals surface area contributed by atoms with Crippen molar-refractivity contribution in [3.05, 3.63) is 42.5 Å². The molecule has 0 radical (unpaired) electrons. The van der Waals surface area contributed by atoms with E-state index in [1.165, 1.54) is 0 Å². The average molecular weight is 257 g/mol. The van der Waals surface area contributed by atoms with Crippen LogP contribution in [0.1, 0.15) is 0 Å². The minimum atomic E-state index is 0.596. The number of nitrogens with one attached hydrogen (secondary N) is 1. The predicted octanol–water partition coefficient (Wildman–Crippen LogP) is 3.21. The Morgan fingerprint density at radius 2 is 1.58 bits per heavy atom. The predicted molar refractivity (Wildman–Crippen MR) is 73.7 cm³/mol. The van der Waals surface area contributed by atoms with Gasteiger partial charge in [-0.1, -0.05) is 0 Å². The van der Waals surface area contributed by atoms with Crippen LogP contribution < -0.4 is 19.5 Å². The fraction of sp³-hybridized carbons (Fsp3) is 0.200. The lowest BCUT2D eigenvalue weighted by Crippen LogP contribution is -2.15. The van der Waals surface area contributed by atoms with Crippen LogP contribution in [0.4, 0.5) is 11.4 Å². The molecule has 19 heavy (non-hydrogen) atoms. The zero-order chi connectivity index (χ0) is 13.1. The highest BCUT2D eigenvalue weighted by molar-refractivity contribution is 5.64. The molecule has 1 heterocycles. The lowest BCUT2D eigenvalue weighted by molar-refractivity contribution is 0.171. The Morgan fingerprint density at radius 1 is 0.895 bits per heavy atom. The summed E-state index contributed by atoms with van der Waals surface area (Å²) >= 11 is 0. The van der Waals surface area contributed by atoms with Crippen molar-refractivity contribution in [1.82, 2.24) is 0 Å². The Bertz CT molecular complexity index is 566. The smallest absolute Gasteiger partial charge is 0.163 e. The number of fused-ring (bicyclic) bond motifs is 1. The largest absolute Gasteiger partial charge is 0.497 e. The third-order valence-electron chi connectivity index (χ3n) is 2.92. The van der Waals surface area contributed by atoms with Crippen LogP contribution >= 0.6 is 0 Å². The van der Waals surface area contributed by atoms with Crippen LogP contribution in [0.2, 0.25) is 0 Å². The molecule has 0 unspecified atom stereocenters. The number of hydrogen-bond donors (Lipinski definition) is 1. The Morgan fingerprint density at radius 3 is 2.32 bits per heavy atom. The molecule has 0 spiro atoms. The highest BCUT2D eigenvalue weighted by Crippen LogP contribution is 2.33. The molecule has 0 aromatic heterocycles. The van der Waals surface area contributed by atoms with Crippen LogP contribution in [0.25, 0.3) is 0 Å². The first-order valence-electron chi connectivity index (χ1n) is 6.16. The molecule has 0 fully saturated rings. The molecule has 1 aliphatic rings. The number of rotatable bonds is 3. The molecule has 4 heteroatoms. The van der Waals surface area contributed by atoms with Crippen molar-refractivity contribution in [3.63, 3.8) is 0 Å². The zero-order valence-corrected chi connectivity index (χ0v) is 10.7. The van der Waals surface area contributed by atoms with Crippen molar-refractivity contribution in [2.45, 2.75) is 0 Å². The van der Waals surface area contributed by atoms with E-state index in [4.69, 9.17) is 14.2 Å². The van der Waals surface area contributed by atoms with Gasteiger partial charge < -0.3 is 19.5 Å². The Hall–Kier alpha value is -2.36. The molecular weight excluding hydrogens is 242 g/mol. The number of anilines is 2. The Kier molecular flexibility index (Phi) is 3.14. The van der Waals surface area contributed by atoms with Crippen molar-refractivity contribution in [1.29, 1.82) is 0 Å². The van der Waals surface area contributed by atoms with E-state index < -0.39 is 0 Å². The van der Waals surface area contributed by atoms with Gasteiger partial charge in [0.2, 0.25) is 0 Å². The molecule has 0 atom stereocenters. The third-order valence-corrected chi connectivity index (χ3v) is 2.92. The molecule has 3 rings (SSSR count). The SMILES string of the molecule is COc1ccc(Nc2ccc3c(c2)OCCO3)cc1. The molecule has 2 aromatic rings. The number of methoxy groups -OCH3 is 1. The molecule has 0 saturated carbocycles. The van der Waals surface area contributed by atoms with Crippen molar-refractivity contribution in [2.24, 2.45) is 0 Å². The zero-order valence-electron chi connectivity index (χ0n) is 10.7. The van der Waals surface area contributed by atoms with Gasteiger partial charge in [0, 0.05) is 17.4 Å². The minimum absolute atomic E-state index is 0.596. The van der Waals surface area contributed by atoms with Crippen LogP contribution in [-0.4, -0.2) is 20.3 Å². The summed E-state index contributed by atoms with van der Waals surface area (Å²) in [7, 11) is 1.66. The van der Waals surface area contributed by atoms with E-state index in [0.29, 0.717) is 13.2 Å². The second-order valence-electron chi connectivity index (χ2n) is 4.21. The van der Waals surface area contributed by atoms with Crippen LogP contribution in [-0.2, 0) is 0 Å². The first-order chi connectivity index (χ1) is 9.35. The lowest BCUT2D eigenvalue weighted by atomic mass is 10.2. The summed E-state index contributed by atoms with van der Waals surface area (Å²) in [4.78, 5) is 0. The van der Waals surface area contributed by atoms with Gasteiger partial charge in [-0.25, -0.2) is 0 Å². The summed E-state index contributed by atoms with van der Waals surface area (Å²) in [5.41, 5.74) is 1.96. The maximum atomic E-state index is 5.55. The monoisotopic (exact) mass is 257 g/mol. The van der Waals surface area contributed by atoms with Crippen LogP contribution in [0, 0.1) is 0 Å². The van der Waals surface area contributed by atoms with E-state index in [1.54, 1.807) is 7.11 Å². The molecule has 98 valence electrons. The van der Waals surface area contributed by atoms with Crippen LogP contribution in [0.15, 0.2) is 42.5 Å². The van der Waals surface area contributed by atoms with Gasteiger partial charge in [-0.2, -0.15) is 0 Å². The van der Waals surface area contributed by atoms with E-state index in [2.05, 4.69) is 5.32 Å². The van der Waals surface area contributed by atoms with Crippen molar-refractivity contribution in [2.75, 3.05) is 25.6 Å². The lowest BCUT2D eigenvalue weighted by Gasteiger charge is -2.19. The van der Waals surface area contributed by atoms with Gasteiger partial charge in [0.05, 0.1) is 7.11 Å². The summed E-state index contributed by atoms with van der Waals surface area (Å²) in [5, 5.41) is 3.31. The number of hydrogen-bond acceptors (Lipinski definition) is 4. The van der Waals surface area contributed by atoms with Crippen molar-refractivity contribution >= 4 is 11.4 Å². The summed E-state index contributed by atoms with van der Waals surface area (Å²) < 4.78 is 16.2. The number of ether oxygens (including phenoxy) is 3. The highest BCUT2D eigenvalue weighted by Gasteiger charge is 2.11. The first-order valence-corrected chi connectivity index (χ1v) is 6.16. The van der Waals surface area contributed by atoms with Gasteiger partial charge in [-0.15, -0.1) is 0 Å². The van der Waals surface area contributed by atoms with Gasteiger partial charge in [0.25, 0.3) is 0 Å². The van der Waals surface area contributed by atoms with Crippen molar-refractivity contribution in [3.8, 4) is 17.2 Å². The summed E-state index contributed by atoms with van der Waals surface area (Å²) in [6.45, 7) is 1.21. The van der Waals surface area contributed by atoms with E-state index in [-0.39, 0.29) is 0 Å². The summed E-state index contributed by atoms with van der Waals surface area (Å²) in [6.07, 6.45) is 0. The van der Waals surface area contributed by atoms with Gasteiger partial charge in [-0.3, -0.25) is 0 Å². The summed E-state index contributed by atoms with van der Waals surface area (Å²) in [5.74, 6) is 2.42. The fourth-order valence-electron chi connectivity index (χ4n) is 1.96. The van der Waals surface area contributed by atoms with E-state index in [1.807, 2.05) is 42.5 Å². The molecule has 1 aliphatic heterocycles.